The van der Waals surface area contributed by atoms with Gasteiger partial charge in [0.15, 0.2) is 0 Å². The van der Waals surface area contributed by atoms with Gasteiger partial charge < -0.3 is 15.1 Å². The molecule has 0 amide bonds. The molecule has 1 fully saturated rings. The number of hydrogen-bond acceptors (Lipinski definition) is 4. The van der Waals surface area contributed by atoms with Crippen molar-refractivity contribution in [2.75, 3.05) is 19.6 Å². The first-order chi connectivity index (χ1) is 8.46. The highest BCUT2D eigenvalue weighted by Crippen LogP contribution is 2.22. The second-order valence-corrected chi connectivity index (χ2v) is 5.23. The van der Waals surface area contributed by atoms with Crippen LogP contribution in [0.5, 0.6) is 0 Å². The molecule has 2 unspecified atom stereocenters. The summed E-state index contributed by atoms with van der Waals surface area (Å²) in [5, 5.41) is 19.7. The van der Waals surface area contributed by atoms with Crippen LogP contribution >= 0.6 is 0 Å². The van der Waals surface area contributed by atoms with Crippen molar-refractivity contribution in [2.24, 2.45) is 0 Å². The van der Waals surface area contributed by atoms with Crippen LogP contribution in [-0.4, -0.2) is 45.3 Å². The maximum absolute atomic E-state index is 12.7. The van der Waals surface area contributed by atoms with Gasteiger partial charge in [0.25, 0.3) is 0 Å². The minimum atomic E-state index is -0.684. The van der Waals surface area contributed by atoms with Crippen LogP contribution in [0.1, 0.15) is 31.6 Å². The average Bonchev–Trinajstić information content (AvgIpc) is 2.67. The van der Waals surface area contributed by atoms with Gasteiger partial charge in [-0.2, -0.15) is 0 Å². The van der Waals surface area contributed by atoms with E-state index in [-0.39, 0.29) is 0 Å². The van der Waals surface area contributed by atoms with E-state index in [9.17, 15) is 14.6 Å². The summed E-state index contributed by atoms with van der Waals surface area (Å²) in [6, 6.07) is 2.80. The van der Waals surface area contributed by atoms with Crippen molar-refractivity contribution in [2.45, 2.75) is 31.5 Å². The summed E-state index contributed by atoms with van der Waals surface area (Å²) in [5.74, 6) is -0.401. The van der Waals surface area contributed by atoms with Gasteiger partial charge in [-0.15, -0.1) is 0 Å². The second kappa shape index (κ2) is 5.30. The quantitative estimate of drug-likeness (QED) is 0.845. The van der Waals surface area contributed by atoms with Crippen molar-refractivity contribution in [1.29, 1.82) is 0 Å². The van der Waals surface area contributed by atoms with Crippen LogP contribution in [0.25, 0.3) is 0 Å². The summed E-state index contributed by atoms with van der Waals surface area (Å²) in [6.07, 6.45) is 1.72. The zero-order valence-corrected chi connectivity index (χ0v) is 10.5. The van der Waals surface area contributed by atoms with Crippen LogP contribution < -0.4 is 0 Å². The lowest BCUT2D eigenvalue weighted by atomic mass is 10.1. The van der Waals surface area contributed by atoms with Gasteiger partial charge in [-0.25, -0.2) is 4.39 Å². The number of likely N-dealkylation sites (tertiary alicyclic amines) is 1. The van der Waals surface area contributed by atoms with Crippen molar-refractivity contribution < 1.29 is 14.6 Å². The standard InChI is InChI=1S/C13H19FN2O2/c1-13(18)5-7-16(9-13)6-4-12(17)11-3-2-10(14)8-15-11/h2-3,8,12,17-18H,4-7,9H2,1H3. The fraction of sp³-hybridized carbons (Fsp3) is 0.615. The predicted molar refractivity (Wildman–Crippen MR) is 65.5 cm³/mol. The molecule has 1 aromatic rings. The maximum Gasteiger partial charge on any atom is 0.141 e. The molecule has 0 aromatic carbocycles. The van der Waals surface area contributed by atoms with Gasteiger partial charge in [0.05, 0.1) is 23.6 Å². The van der Waals surface area contributed by atoms with Crippen LogP contribution in [0.15, 0.2) is 18.3 Å². The molecule has 0 saturated carbocycles. The Morgan fingerprint density at radius 3 is 2.89 bits per heavy atom. The van der Waals surface area contributed by atoms with Gasteiger partial charge in [-0.3, -0.25) is 4.98 Å². The minimum Gasteiger partial charge on any atom is -0.389 e. The van der Waals surface area contributed by atoms with Gasteiger partial charge in [0.2, 0.25) is 0 Å². The Balaban J connectivity index is 1.82. The minimum absolute atomic E-state index is 0.401. The zero-order valence-electron chi connectivity index (χ0n) is 10.5. The van der Waals surface area contributed by atoms with E-state index in [1.54, 1.807) is 0 Å². The van der Waals surface area contributed by atoms with E-state index in [0.29, 0.717) is 25.2 Å². The molecule has 0 bridgehead atoms. The number of nitrogens with zero attached hydrogens (tertiary/aromatic N) is 2. The molecule has 18 heavy (non-hydrogen) atoms. The molecule has 2 heterocycles. The molecule has 2 atom stereocenters. The van der Waals surface area contributed by atoms with Crippen molar-refractivity contribution in [1.82, 2.24) is 9.88 Å². The highest BCUT2D eigenvalue weighted by Gasteiger charge is 2.31. The van der Waals surface area contributed by atoms with Gasteiger partial charge >= 0.3 is 0 Å². The van der Waals surface area contributed by atoms with E-state index in [2.05, 4.69) is 9.88 Å². The topological polar surface area (TPSA) is 56.6 Å². The first kappa shape index (κ1) is 13.4. The maximum atomic E-state index is 12.7. The average molecular weight is 254 g/mol. The van der Waals surface area contributed by atoms with Crippen molar-refractivity contribution in [3.63, 3.8) is 0 Å². The number of aliphatic hydroxyl groups excluding tert-OH is 1. The lowest BCUT2D eigenvalue weighted by molar-refractivity contribution is 0.0653. The zero-order chi connectivity index (χ0) is 13.2. The van der Waals surface area contributed by atoms with Crippen molar-refractivity contribution in [3.8, 4) is 0 Å². The molecular weight excluding hydrogens is 235 g/mol. The number of aliphatic hydroxyl groups is 2. The van der Waals surface area contributed by atoms with Gasteiger partial charge in [0.1, 0.15) is 5.82 Å². The Bertz CT molecular complexity index is 394. The Morgan fingerprint density at radius 1 is 1.56 bits per heavy atom. The summed E-state index contributed by atoms with van der Waals surface area (Å²) in [7, 11) is 0. The third-order valence-corrected chi connectivity index (χ3v) is 3.34. The van der Waals surface area contributed by atoms with Crippen LogP contribution in [-0.2, 0) is 0 Å². The molecule has 1 aliphatic rings. The van der Waals surface area contributed by atoms with E-state index in [1.807, 2.05) is 6.92 Å². The molecule has 2 rings (SSSR count). The first-order valence-electron chi connectivity index (χ1n) is 6.20. The summed E-state index contributed by atoms with van der Waals surface area (Å²) in [6.45, 7) is 4.01. The number of hydrogen-bond donors (Lipinski definition) is 2. The largest absolute Gasteiger partial charge is 0.389 e. The Kier molecular flexibility index (Phi) is 3.94. The number of aromatic nitrogens is 1. The van der Waals surface area contributed by atoms with Crippen molar-refractivity contribution in [3.05, 3.63) is 29.8 Å². The predicted octanol–water partition coefficient (Wildman–Crippen LogP) is 1.10. The monoisotopic (exact) mass is 254 g/mol. The molecule has 0 spiro atoms. The van der Waals surface area contributed by atoms with E-state index >= 15 is 0 Å². The van der Waals surface area contributed by atoms with Crippen LogP contribution in [0.2, 0.25) is 0 Å². The highest BCUT2D eigenvalue weighted by molar-refractivity contribution is 5.08. The Labute approximate surface area is 106 Å². The van der Waals surface area contributed by atoms with E-state index in [1.165, 1.54) is 12.1 Å². The van der Waals surface area contributed by atoms with E-state index in [0.717, 1.165) is 19.2 Å². The Morgan fingerprint density at radius 2 is 2.33 bits per heavy atom. The third kappa shape index (κ3) is 3.48. The van der Waals surface area contributed by atoms with Crippen LogP contribution in [0, 0.1) is 5.82 Å². The lowest BCUT2D eigenvalue weighted by Gasteiger charge is -2.20. The van der Waals surface area contributed by atoms with Crippen LogP contribution in [0.3, 0.4) is 0 Å². The molecule has 1 aliphatic heterocycles. The molecule has 2 N–H and O–H groups in total. The molecule has 5 heteroatoms. The van der Waals surface area contributed by atoms with Gasteiger partial charge in [-0.1, -0.05) is 0 Å². The van der Waals surface area contributed by atoms with E-state index < -0.39 is 17.5 Å². The summed E-state index contributed by atoms with van der Waals surface area (Å²) in [5.41, 5.74) is -0.124. The van der Waals surface area contributed by atoms with E-state index in [4.69, 9.17) is 0 Å². The summed E-state index contributed by atoms with van der Waals surface area (Å²) >= 11 is 0. The highest BCUT2D eigenvalue weighted by atomic mass is 19.1. The fourth-order valence-electron chi connectivity index (χ4n) is 2.27. The number of rotatable bonds is 4. The first-order valence-corrected chi connectivity index (χ1v) is 6.20. The van der Waals surface area contributed by atoms with Crippen molar-refractivity contribution >= 4 is 0 Å². The molecule has 100 valence electrons. The number of halogens is 1. The molecule has 1 saturated heterocycles. The molecule has 1 aromatic heterocycles. The normalized spacial score (nSPS) is 26.4. The molecule has 4 nitrogen and oxygen atoms in total. The number of β-amino-alcohol motifs (C(OH)–C–C–N with tert-alkyl or cyclic N) is 1. The fourth-order valence-corrected chi connectivity index (χ4v) is 2.27. The smallest absolute Gasteiger partial charge is 0.141 e. The molecular formula is C13H19FN2O2. The number of pyridine rings is 1. The molecule has 0 aliphatic carbocycles. The van der Waals surface area contributed by atoms with Gasteiger partial charge in [0, 0.05) is 19.6 Å². The second-order valence-electron chi connectivity index (χ2n) is 5.23. The SMILES string of the molecule is CC1(O)CCN(CCC(O)c2ccc(F)cn2)C1. The third-order valence-electron chi connectivity index (χ3n) is 3.34. The van der Waals surface area contributed by atoms with Gasteiger partial charge in [-0.05, 0) is 31.9 Å². The summed E-state index contributed by atoms with van der Waals surface area (Å²) < 4.78 is 12.7. The van der Waals surface area contributed by atoms with Crippen LogP contribution in [0.4, 0.5) is 4.39 Å². The molecule has 0 radical (unpaired) electrons. The Hall–Kier alpha value is -1.04. The lowest BCUT2D eigenvalue weighted by Crippen LogP contribution is -2.30. The summed E-state index contributed by atoms with van der Waals surface area (Å²) in [4.78, 5) is 5.98.